The lowest BCUT2D eigenvalue weighted by molar-refractivity contribution is -0.121. The van der Waals surface area contributed by atoms with Crippen LogP contribution in [0.3, 0.4) is 0 Å². The topological polar surface area (TPSA) is 136 Å². The average Bonchev–Trinajstić information content (AvgIpc) is 3.37. The molecule has 10 nitrogen and oxygen atoms in total. The van der Waals surface area contributed by atoms with Crippen LogP contribution in [0.25, 0.3) is 0 Å². The normalized spacial score (nSPS) is 40.5. The largest absolute Gasteiger partial charge is 0.472 e. The molecule has 220 valence electrons. The van der Waals surface area contributed by atoms with Crippen molar-refractivity contribution >= 4 is 13.7 Å². The molecular formula is C28H45N2O8P. The molecule has 0 saturated carbocycles. The van der Waals surface area contributed by atoms with Crippen LogP contribution >= 0.6 is 7.82 Å². The second-order valence-electron chi connectivity index (χ2n) is 11.2. The molecule has 3 aliphatic rings. The maximum Gasteiger partial charge on any atom is 0.472 e. The second kappa shape index (κ2) is 14.0. The van der Waals surface area contributed by atoms with Crippen LogP contribution in [0.5, 0.6) is 0 Å². The molecule has 0 aromatic heterocycles. The van der Waals surface area contributed by atoms with Crippen molar-refractivity contribution in [2.45, 2.75) is 89.0 Å². The number of hydrogen-bond donors (Lipinski definition) is 4. The average molecular weight is 569 g/mol. The molecule has 0 spiro atoms. The number of aliphatic hydroxyl groups is 1. The van der Waals surface area contributed by atoms with Gasteiger partial charge in [0, 0.05) is 24.8 Å². The Morgan fingerprint density at radius 2 is 1.87 bits per heavy atom. The minimum absolute atomic E-state index is 0.0598. The zero-order chi connectivity index (χ0) is 28.0. The predicted octanol–water partition coefficient (Wildman–Crippen LogP) is 2.82. The molecule has 4 unspecified atom stereocenters. The summed E-state index contributed by atoms with van der Waals surface area (Å²) in [6.07, 6.45) is 0.177. The van der Waals surface area contributed by atoms with Gasteiger partial charge in [0.25, 0.3) is 0 Å². The van der Waals surface area contributed by atoms with Gasteiger partial charge in [-0.2, -0.15) is 0 Å². The van der Waals surface area contributed by atoms with E-state index in [2.05, 4.69) is 10.6 Å². The Bertz CT molecular complexity index is 968. The van der Waals surface area contributed by atoms with Crippen molar-refractivity contribution in [3.8, 4) is 0 Å². The zero-order valence-corrected chi connectivity index (χ0v) is 24.1. The number of ether oxygens (including phenoxy) is 2. The van der Waals surface area contributed by atoms with Gasteiger partial charge in [-0.05, 0) is 64.1 Å². The van der Waals surface area contributed by atoms with Crippen LogP contribution in [0, 0.1) is 17.8 Å². The SMILES string of the molecule is CC[C@H]1O[C@@H](C)[C@H]2CCC(CNC)CNC(=O)CC[C@H]3C(O)[C@@H](COP(=O)(O)OC12)O[C@H]3Cc1ccccc1. The van der Waals surface area contributed by atoms with Crippen molar-refractivity contribution in [1.29, 1.82) is 0 Å². The van der Waals surface area contributed by atoms with E-state index >= 15 is 0 Å². The lowest BCUT2D eigenvalue weighted by Gasteiger charge is -2.27. The number of aliphatic hydroxyl groups excluding tert-OH is 1. The van der Waals surface area contributed by atoms with Gasteiger partial charge in [-0.1, -0.05) is 37.3 Å². The highest BCUT2D eigenvalue weighted by Crippen LogP contribution is 2.50. The molecule has 39 heavy (non-hydrogen) atoms. The van der Waals surface area contributed by atoms with Crippen molar-refractivity contribution in [3.63, 3.8) is 0 Å². The number of carbonyl (C=O) groups is 1. The molecule has 1 aromatic rings. The van der Waals surface area contributed by atoms with Gasteiger partial charge in [-0.3, -0.25) is 13.8 Å². The molecule has 1 amide bonds. The van der Waals surface area contributed by atoms with Crippen molar-refractivity contribution in [3.05, 3.63) is 35.9 Å². The standard InChI is InChI=1S/C28H45N2O8P/c1-4-23-28-21(18(2)36-23)11-10-20(15-29-3)16-30-26(31)13-12-22-24(14-19-8-6-5-7-9-19)37-25(27(22)32)17-35-39(33,34)38-28/h5-9,18,20-25,27-29,32H,4,10-17H2,1-3H3,(H,30,31)(H,33,34)/t18-,20?,21+,22+,23+,24-,25+,27?,28?/m0/s1. The quantitative estimate of drug-likeness (QED) is 0.396. The lowest BCUT2D eigenvalue weighted by Crippen LogP contribution is -2.36. The maximum absolute atomic E-state index is 13.1. The third kappa shape index (κ3) is 8.11. The first-order valence-corrected chi connectivity index (χ1v) is 15.8. The third-order valence-corrected chi connectivity index (χ3v) is 9.45. The Kier molecular flexibility index (Phi) is 11.0. The summed E-state index contributed by atoms with van der Waals surface area (Å²) in [5.74, 6) is -0.311. The zero-order valence-electron chi connectivity index (χ0n) is 23.2. The van der Waals surface area contributed by atoms with E-state index in [4.69, 9.17) is 18.5 Å². The van der Waals surface area contributed by atoms with Gasteiger partial charge in [0.2, 0.25) is 5.91 Å². The maximum atomic E-state index is 13.1. The smallest absolute Gasteiger partial charge is 0.390 e. The number of phosphoric ester groups is 1. The highest BCUT2D eigenvalue weighted by Gasteiger charge is 2.48. The summed E-state index contributed by atoms with van der Waals surface area (Å²) < 4.78 is 36.6. The molecule has 2 bridgehead atoms. The molecule has 3 fully saturated rings. The van der Waals surface area contributed by atoms with E-state index in [1.807, 2.05) is 51.2 Å². The van der Waals surface area contributed by atoms with Gasteiger partial charge in [-0.25, -0.2) is 4.57 Å². The van der Waals surface area contributed by atoms with Crippen LogP contribution in [0.15, 0.2) is 30.3 Å². The summed E-state index contributed by atoms with van der Waals surface area (Å²) >= 11 is 0. The van der Waals surface area contributed by atoms with Gasteiger partial charge in [-0.15, -0.1) is 0 Å². The summed E-state index contributed by atoms with van der Waals surface area (Å²) in [5.41, 5.74) is 1.05. The van der Waals surface area contributed by atoms with Gasteiger partial charge < -0.3 is 30.1 Å². The number of fused-ring (bicyclic) bond motifs is 3. The molecule has 0 radical (unpaired) electrons. The summed E-state index contributed by atoms with van der Waals surface area (Å²) in [5, 5.41) is 17.5. The van der Waals surface area contributed by atoms with E-state index < -0.39 is 26.1 Å². The number of benzene rings is 1. The molecule has 3 saturated heterocycles. The van der Waals surface area contributed by atoms with Crippen molar-refractivity contribution < 1.29 is 37.9 Å². The van der Waals surface area contributed by atoms with E-state index in [1.165, 1.54) is 0 Å². The molecule has 4 rings (SSSR count). The Hall–Kier alpha value is -1.36. The second-order valence-corrected chi connectivity index (χ2v) is 12.6. The van der Waals surface area contributed by atoms with Gasteiger partial charge in [0.15, 0.2) is 0 Å². The van der Waals surface area contributed by atoms with E-state index in [0.29, 0.717) is 25.8 Å². The molecular weight excluding hydrogens is 523 g/mol. The van der Waals surface area contributed by atoms with Gasteiger partial charge in [0.1, 0.15) is 12.2 Å². The highest BCUT2D eigenvalue weighted by atomic mass is 31.2. The molecule has 10 atom stereocenters. The first kappa shape index (κ1) is 30.6. The summed E-state index contributed by atoms with van der Waals surface area (Å²) in [7, 11) is -2.59. The monoisotopic (exact) mass is 568 g/mol. The van der Waals surface area contributed by atoms with Crippen LogP contribution in [0.2, 0.25) is 0 Å². The Morgan fingerprint density at radius 1 is 1.10 bits per heavy atom. The van der Waals surface area contributed by atoms with E-state index in [9.17, 15) is 19.4 Å². The molecule has 1 aromatic carbocycles. The number of phosphoric acid groups is 1. The summed E-state index contributed by atoms with van der Waals surface area (Å²) in [6.45, 7) is 4.88. The first-order valence-electron chi connectivity index (χ1n) is 14.3. The molecule has 3 aliphatic heterocycles. The molecule has 4 N–H and O–H groups in total. The van der Waals surface area contributed by atoms with E-state index in [1.54, 1.807) is 0 Å². The van der Waals surface area contributed by atoms with Crippen LogP contribution in [0.4, 0.5) is 0 Å². The van der Waals surface area contributed by atoms with E-state index in [0.717, 1.165) is 24.9 Å². The van der Waals surface area contributed by atoms with Gasteiger partial charge in [0.05, 0.1) is 31.0 Å². The van der Waals surface area contributed by atoms with Crippen molar-refractivity contribution in [2.75, 3.05) is 26.7 Å². The fourth-order valence-corrected chi connectivity index (χ4v) is 7.30. The fourth-order valence-electron chi connectivity index (χ4n) is 6.30. The molecule has 3 heterocycles. The van der Waals surface area contributed by atoms with Crippen LogP contribution < -0.4 is 10.6 Å². The van der Waals surface area contributed by atoms with Crippen molar-refractivity contribution in [1.82, 2.24) is 10.6 Å². The number of hydrogen-bond acceptors (Lipinski definition) is 8. The fraction of sp³-hybridized carbons (Fsp3) is 0.750. The number of nitrogens with one attached hydrogen (secondary N) is 2. The summed E-state index contributed by atoms with van der Waals surface area (Å²) in [6, 6.07) is 9.80. The number of carbonyl (C=O) groups excluding carboxylic acids is 1. The molecule has 11 heteroatoms. The Balaban J connectivity index is 1.55. The van der Waals surface area contributed by atoms with Gasteiger partial charge >= 0.3 is 7.82 Å². The Morgan fingerprint density at radius 3 is 2.59 bits per heavy atom. The minimum atomic E-state index is -4.47. The van der Waals surface area contributed by atoms with Crippen LogP contribution in [0.1, 0.15) is 51.5 Å². The summed E-state index contributed by atoms with van der Waals surface area (Å²) in [4.78, 5) is 23.6. The van der Waals surface area contributed by atoms with Crippen LogP contribution in [-0.2, 0) is 34.3 Å². The van der Waals surface area contributed by atoms with E-state index in [-0.39, 0.29) is 55.0 Å². The lowest BCUT2D eigenvalue weighted by atomic mass is 9.87. The Labute approximate surface area is 231 Å². The molecule has 0 aliphatic carbocycles. The third-order valence-electron chi connectivity index (χ3n) is 8.46. The van der Waals surface area contributed by atoms with Crippen LogP contribution in [-0.4, -0.2) is 79.3 Å². The first-order chi connectivity index (χ1) is 18.7. The minimum Gasteiger partial charge on any atom is -0.390 e. The van der Waals surface area contributed by atoms with Crippen molar-refractivity contribution in [2.24, 2.45) is 17.8 Å². The highest BCUT2D eigenvalue weighted by molar-refractivity contribution is 7.47. The number of rotatable bonds is 5. The predicted molar refractivity (Wildman–Crippen MR) is 146 cm³/mol. The number of amides is 1.